The molecule has 0 atom stereocenters. The topological polar surface area (TPSA) is 65.3 Å². The zero-order chi connectivity index (χ0) is 14.8. The molecule has 1 aromatic heterocycles. The first-order chi connectivity index (χ1) is 10.1. The van der Waals surface area contributed by atoms with Crippen LogP contribution in [0.15, 0.2) is 36.5 Å². The van der Waals surface area contributed by atoms with Crippen LogP contribution in [0.25, 0.3) is 11.3 Å². The van der Waals surface area contributed by atoms with Gasteiger partial charge in [-0.15, -0.1) is 0 Å². The van der Waals surface area contributed by atoms with Crippen molar-refractivity contribution >= 4 is 5.69 Å². The Bertz CT molecular complexity index is 681. The second-order valence-corrected chi connectivity index (χ2v) is 5.33. The van der Waals surface area contributed by atoms with Crippen molar-refractivity contribution in [2.45, 2.75) is 32.3 Å². The fraction of sp³-hybridized carbons (Fsp3) is 0.312. The number of pyridine rings is 1. The van der Waals surface area contributed by atoms with Gasteiger partial charge in [0, 0.05) is 12.3 Å². The average molecular weight is 284 g/mol. The van der Waals surface area contributed by atoms with Crippen LogP contribution in [0.3, 0.4) is 0 Å². The van der Waals surface area contributed by atoms with E-state index in [1.807, 2.05) is 19.1 Å². The zero-order valence-electron chi connectivity index (χ0n) is 11.8. The molecule has 1 saturated carbocycles. The molecular formula is C16H16N2O3. The van der Waals surface area contributed by atoms with Gasteiger partial charge in [0.05, 0.1) is 22.3 Å². The van der Waals surface area contributed by atoms with Gasteiger partial charge in [0.1, 0.15) is 5.75 Å². The smallest absolute Gasteiger partial charge is 0.279 e. The van der Waals surface area contributed by atoms with E-state index in [0.29, 0.717) is 17.0 Å². The predicted octanol–water partition coefficient (Wildman–Crippen LogP) is 3.90. The summed E-state index contributed by atoms with van der Waals surface area (Å²) in [7, 11) is 0. The summed E-state index contributed by atoms with van der Waals surface area (Å²) in [6, 6.07) is 8.58. The summed E-state index contributed by atoms with van der Waals surface area (Å²) in [6.07, 6.45) is 5.19. The van der Waals surface area contributed by atoms with Gasteiger partial charge in [0.15, 0.2) is 0 Å². The Hall–Kier alpha value is -2.43. The maximum absolute atomic E-state index is 11.2. The van der Waals surface area contributed by atoms with Crippen molar-refractivity contribution in [3.05, 3.63) is 52.2 Å². The van der Waals surface area contributed by atoms with Crippen LogP contribution in [0.2, 0.25) is 0 Å². The van der Waals surface area contributed by atoms with Gasteiger partial charge in [0.2, 0.25) is 0 Å². The lowest BCUT2D eigenvalue weighted by Crippen LogP contribution is -2.24. The number of aromatic nitrogens is 1. The molecule has 0 radical (unpaired) electrons. The standard InChI is InChI=1S/C16H16N2O3/c1-11-7-8-17-15(9-11)14-10-13(21-12-3-2-4-12)5-6-16(14)18(19)20/h5-10,12H,2-4H2,1H3. The molecule has 1 heterocycles. The number of nitro groups is 1. The molecule has 0 saturated heterocycles. The molecule has 5 heteroatoms. The van der Waals surface area contributed by atoms with Gasteiger partial charge >= 0.3 is 0 Å². The maximum Gasteiger partial charge on any atom is 0.279 e. The predicted molar refractivity (Wildman–Crippen MR) is 79.3 cm³/mol. The molecule has 1 aliphatic carbocycles. The van der Waals surface area contributed by atoms with Crippen molar-refractivity contribution in [2.75, 3.05) is 0 Å². The zero-order valence-corrected chi connectivity index (χ0v) is 11.8. The maximum atomic E-state index is 11.2. The molecule has 0 unspecified atom stereocenters. The second kappa shape index (κ2) is 5.52. The summed E-state index contributed by atoms with van der Waals surface area (Å²) >= 11 is 0. The highest BCUT2D eigenvalue weighted by atomic mass is 16.6. The summed E-state index contributed by atoms with van der Waals surface area (Å²) in [5, 5.41) is 11.2. The minimum absolute atomic E-state index is 0.0501. The van der Waals surface area contributed by atoms with Gasteiger partial charge in [-0.2, -0.15) is 0 Å². The largest absolute Gasteiger partial charge is 0.490 e. The fourth-order valence-corrected chi connectivity index (χ4v) is 2.32. The van der Waals surface area contributed by atoms with E-state index >= 15 is 0 Å². The highest BCUT2D eigenvalue weighted by molar-refractivity contribution is 5.72. The Kier molecular flexibility index (Phi) is 3.56. The summed E-state index contributed by atoms with van der Waals surface area (Å²) < 4.78 is 5.83. The van der Waals surface area contributed by atoms with Crippen LogP contribution in [0.4, 0.5) is 5.69 Å². The molecule has 0 N–H and O–H groups in total. The first-order valence-electron chi connectivity index (χ1n) is 7.01. The fourth-order valence-electron chi connectivity index (χ4n) is 2.32. The van der Waals surface area contributed by atoms with Gasteiger partial charge < -0.3 is 4.74 Å². The molecule has 108 valence electrons. The Morgan fingerprint density at radius 2 is 2.10 bits per heavy atom. The van der Waals surface area contributed by atoms with Crippen molar-refractivity contribution in [3.63, 3.8) is 0 Å². The van der Waals surface area contributed by atoms with E-state index < -0.39 is 0 Å². The normalized spacial score (nSPS) is 14.5. The number of nitrogens with zero attached hydrogens (tertiary/aromatic N) is 2. The van der Waals surface area contributed by atoms with Crippen molar-refractivity contribution in [1.29, 1.82) is 0 Å². The summed E-state index contributed by atoms with van der Waals surface area (Å²) in [6.45, 7) is 1.94. The second-order valence-electron chi connectivity index (χ2n) is 5.33. The third-order valence-corrected chi connectivity index (χ3v) is 3.71. The molecule has 0 bridgehead atoms. The van der Waals surface area contributed by atoms with Crippen LogP contribution in [-0.4, -0.2) is 16.0 Å². The van der Waals surface area contributed by atoms with E-state index in [9.17, 15) is 10.1 Å². The number of ether oxygens (including phenoxy) is 1. The van der Waals surface area contributed by atoms with Crippen molar-refractivity contribution in [3.8, 4) is 17.0 Å². The number of rotatable bonds is 4. The SMILES string of the molecule is Cc1ccnc(-c2cc(OC3CCC3)ccc2[N+](=O)[O-])c1. The summed E-state index contributed by atoms with van der Waals surface area (Å²) in [5.41, 5.74) is 2.16. The molecule has 5 nitrogen and oxygen atoms in total. The van der Waals surface area contributed by atoms with Gasteiger partial charge in [-0.1, -0.05) is 0 Å². The van der Waals surface area contributed by atoms with E-state index in [2.05, 4.69) is 4.98 Å². The van der Waals surface area contributed by atoms with Crippen LogP contribution in [-0.2, 0) is 0 Å². The first-order valence-corrected chi connectivity index (χ1v) is 7.01. The first kappa shape index (κ1) is 13.5. The van der Waals surface area contributed by atoms with Crippen molar-refractivity contribution < 1.29 is 9.66 Å². The highest BCUT2D eigenvalue weighted by Crippen LogP contribution is 2.34. The third kappa shape index (κ3) is 2.86. The lowest BCUT2D eigenvalue weighted by atomic mass is 9.96. The molecule has 1 aliphatic rings. The molecule has 0 aliphatic heterocycles. The molecule has 0 amide bonds. The van der Waals surface area contributed by atoms with Crippen LogP contribution in [0.5, 0.6) is 5.75 Å². The lowest BCUT2D eigenvalue weighted by Gasteiger charge is -2.26. The van der Waals surface area contributed by atoms with Crippen molar-refractivity contribution in [1.82, 2.24) is 4.98 Å². The van der Waals surface area contributed by atoms with Gasteiger partial charge in [-0.05, 0) is 56.0 Å². The molecule has 0 spiro atoms. The molecule has 2 aromatic rings. The quantitative estimate of drug-likeness (QED) is 0.631. The van der Waals surface area contributed by atoms with E-state index in [4.69, 9.17) is 4.74 Å². The number of aryl methyl sites for hydroxylation is 1. The molecule has 21 heavy (non-hydrogen) atoms. The number of benzene rings is 1. The monoisotopic (exact) mass is 284 g/mol. The van der Waals surface area contributed by atoms with Crippen LogP contribution < -0.4 is 4.74 Å². The van der Waals surface area contributed by atoms with Gasteiger partial charge in [-0.25, -0.2) is 0 Å². The number of hydrogen-bond acceptors (Lipinski definition) is 4. The van der Waals surface area contributed by atoms with E-state index in [1.165, 1.54) is 12.5 Å². The van der Waals surface area contributed by atoms with E-state index in [0.717, 1.165) is 18.4 Å². The van der Waals surface area contributed by atoms with E-state index in [1.54, 1.807) is 18.3 Å². The minimum atomic E-state index is -0.382. The molecular weight excluding hydrogens is 268 g/mol. The molecule has 1 aromatic carbocycles. The summed E-state index contributed by atoms with van der Waals surface area (Å²) in [4.78, 5) is 15.1. The number of nitro benzene ring substituents is 1. The van der Waals surface area contributed by atoms with Gasteiger partial charge in [-0.3, -0.25) is 15.1 Å². The Balaban J connectivity index is 2.01. The van der Waals surface area contributed by atoms with Crippen LogP contribution in [0, 0.1) is 17.0 Å². The van der Waals surface area contributed by atoms with Crippen molar-refractivity contribution in [2.24, 2.45) is 0 Å². The lowest BCUT2D eigenvalue weighted by molar-refractivity contribution is -0.384. The van der Waals surface area contributed by atoms with Gasteiger partial charge in [0.25, 0.3) is 5.69 Å². The number of hydrogen-bond donors (Lipinski definition) is 0. The molecule has 3 rings (SSSR count). The molecule has 1 fully saturated rings. The Morgan fingerprint density at radius 3 is 2.71 bits per heavy atom. The Labute approximate surface area is 122 Å². The average Bonchev–Trinajstić information content (AvgIpc) is 2.42. The minimum Gasteiger partial charge on any atom is -0.490 e. The van der Waals surface area contributed by atoms with Crippen LogP contribution in [0.1, 0.15) is 24.8 Å². The third-order valence-electron chi connectivity index (χ3n) is 3.71. The highest BCUT2D eigenvalue weighted by Gasteiger charge is 2.22. The summed E-state index contributed by atoms with van der Waals surface area (Å²) in [5.74, 6) is 0.670. The van der Waals surface area contributed by atoms with Crippen LogP contribution >= 0.6 is 0 Å². The Morgan fingerprint density at radius 1 is 1.29 bits per heavy atom. The van der Waals surface area contributed by atoms with E-state index in [-0.39, 0.29) is 16.7 Å².